The molecule has 5 nitrogen and oxygen atoms in total. The fraction of sp³-hybridized carbons (Fsp3) is 0.364. The van der Waals surface area contributed by atoms with Crippen molar-refractivity contribution in [1.82, 2.24) is 0 Å². The second kappa shape index (κ2) is 4.85. The smallest absolute Gasteiger partial charge is 0.320 e. The van der Waals surface area contributed by atoms with Crippen molar-refractivity contribution >= 4 is 11.7 Å². The molecular formula is C11H16N2O3. The van der Waals surface area contributed by atoms with Crippen LogP contribution in [0.4, 0.5) is 5.69 Å². The molecule has 0 radical (unpaired) electrons. The summed E-state index contributed by atoms with van der Waals surface area (Å²) in [4.78, 5) is 12.5. The molecule has 0 bridgehead atoms. The molecule has 1 aromatic carbocycles. The van der Waals surface area contributed by atoms with Gasteiger partial charge in [0.1, 0.15) is 11.8 Å². The molecule has 0 saturated carbocycles. The van der Waals surface area contributed by atoms with Crippen LogP contribution in [0.25, 0.3) is 0 Å². The first-order chi connectivity index (χ1) is 7.41. The van der Waals surface area contributed by atoms with E-state index in [4.69, 9.17) is 10.8 Å². The van der Waals surface area contributed by atoms with Crippen molar-refractivity contribution in [1.29, 1.82) is 0 Å². The largest absolute Gasteiger partial charge is 0.508 e. The average molecular weight is 224 g/mol. The van der Waals surface area contributed by atoms with Crippen LogP contribution in [0.2, 0.25) is 0 Å². The van der Waals surface area contributed by atoms with Crippen LogP contribution in [0.5, 0.6) is 5.75 Å². The van der Waals surface area contributed by atoms with Crippen molar-refractivity contribution in [3.63, 3.8) is 0 Å². The normalized spacial score (nSPS) is 12.2. The predicted octanol–water partition coefficient (Wildman–Crippen LogP) is 0.413. The molecule has 0 aliphatic rings. The van der Waals surface area contributed by atoms with Gasteiger partial charge in [0.15, 0.2) is 0 Å². The van der Waals surface area contributed by atoms with Gasteiger partial charge in [-0.1, -0.05) is 0 Å². The Morgan fingerprint density at radius 2 is 2.12 bits per heavy atom. The molecule has 0 fully saturated rings. The number of hydrogen-bond acceptors (Lipinski definition) is 4. The molecule has 1 unspecified atom stereocenters. The molecule has 16 heavy (non-hydrogen) atoms. The maximum absolute atomic E-state index is 10.6. The number of carboxylic acid groups (broad SMARTS) is 1. The highest BCUT2D eigenvalue weighted by Gasteiger charge is 2.15. The van der Waals surface area contributed by atoms with E-state index in [2.05, 4.69) is 0 Å². The van der Waals surface area contributed by atoms with E-state index in [9.17, 15) is 9.90 Å². The van der Waals surface area contributed by atoms with E-state index in [0.717, 1.165) is 5.69 Å². The number of phenols is 1. The summed E-state index contributed by atoms with van der Waals surface area (Å²) in [5, 5.41) is 18.3. The topological polar surface area (TPSA) is 86.8 Å². The zero-order valence-electron chi connectivity index (χ0n) is 9.34. The van der Waals surface area contributed by atoms with Gasteiger partial charge in [-0.2, -0.15) is 0 Å². The maximum Gasteiger partial charge on any atom is 0.320 e. The van der Waals surface area contributed by atoms with E-state index in [1.54, 1.807) is 18.2 Å². The number of carbonyl (C=O) groups is 1. The lowest BCUT2D eigenvalue weighted by Crippen LogP contribution is -2.32. The number of nitrogens with zero attached hydrogens (tertiary/aromatic N) is 1. The molecule has 1 atom stereocenters. The SMILES string of the molecule is CN(C)c1ccc(O)c(CC(N)C(=O)O)c1. The maximum atomic E-state index is 10.6. The lowest BCUT2D eigenvalue weighted by Gasteiger charge is -2.15. The number of hydrogen-bond donors (Lipinski definition) is 3. The number of phenolic OH excluding ortho intramolecular Hbond substituents is 1. The molecule has 4 N–H and O–H groups in total. The highest BCUT2D eigenvalue weighted by atomic mass is 16.4. The minimum absolute atomic E-state index is 0.0716. The van der Waals surface area contributed by atoms with Crippen molar-refractivity contribution < 1.29 is 15.0 Å². The van der Waals surface area contributed by atoms with Crippen LogP contribution in [0.1, 0.15) is 5.56 Å². The van der Waals surface area contributed by atoms with Gasteiger partial charge in [-0.15, -0.1) is 0 Å². The third-order valence-corrected chi connectivity index (χ3v) is 2.34. The van der Waals surface area contributed by atoms with Crippen LogP contribution in [-0.4, -0.2) is 36.3 Å². The Bertz CT molecular complexity index is 391. The molecule has 5 heteroatoms. The van der Waals surface area contributed by atoms with Gasteiger partial charge in [-0.25, -0.2) is 0 Å². The second-order valence-electron chi connectivity index (χ2n) is 3.86. The number of benzene rings is 1. The lowest BCUT2D eigenvalue weighted by atomic mass is 10.0. The fourth-order valence-electron chi connectivity index (χ4n) is 1.34. The van der Waals surface area contributed by atoms with E-state index in [0.29, 0.717) is 5.56 Å². The average Bonchev–Trinajstić information content (AvgIpc) is 2.20. The Balaban J connectivity index is 2.94. The van der Waals surface area contributed by atoms with Crippen molar-refractivity contribution in [3.05, 3.63) is 23.8 Å². The molecule has 0 spiro atoms. The molecule has 0 heterocycles. The predicted molar refractivity (Wildman–Crippen MR) is 61.7 cm³/mol. The minimum atomic E-state index is -1.07. The molecule has 0 aliphatic carbocycles. The zero-order valence-corrected chi connectivity index (χ0v) is 9.34. The summed E-state index contributed by atoms with van der Waals surface area (Å²) in [6.45, 7) is 0. The quantitative estimate of drug-likeness (QED) is 0.689. The van der Waals surface area contributed by atoms with Crippen LogP contribution >= 0.6 is 0 Å². The second-order valence-corrected chi connectivity index (χ2v) is 3.86. The number of aliphatic carboxylic acids is 1. The molecule has 0 aromatic heterocycles. The van der Waals surface area contributed by atoms with Crippen molar-refractivity contribution in [2.75, 3.05) is 19.0 Å². The van der Waals surface area contributed by atoms with Crippen molar-refractivity contribution in [2.24, 2.45) is 5.73 Å². The molecule has 1 rings (SSSR count). The van der Waals surface area contributed by atoms with Crippen molar-refractivity contribution in [2.45, 2.75) is 12.5 Å². The van der Waals surface area contributed by atoms with E-state index in [1.807, 2.05) is 19.0 Å². The van der Waals surface area contributed by atoms with Crippen LogP contribution in [0.3, 0.4) is 0 Å². The van der Waals surface area contributed by atoms with Crippen LogP contribution in [0, 0.1) is 0 Å². The third-order valence-electron chi connectivity index (χ3n) is 2.34. The third kappa shape index (κ3) is 2.87. The van der Waals surface area contributed by atoms with Gasteiger partial charge in [0, 0.05) is 26.2 Å². The summed E-state index contributed by atoms with van der Waals surface area (Å²) in [6.07, 6.45) is 0.114. The minimum Gasteiger partial charge on any atom is -0.508 e. The summed E-state index contributed by atoms with van der Waals surface area (Å²) in [5.41, 5.74) is 6.86. The number of aromatic hydroxyl groups is 1. The summed E-state index contributed by atoms with van der Waals surface area (Å²) < 4.78 is 0. The fourth-order valence-corrected chi connectivity index (χ4v) is 1.34. The summed E-state index contributed by atoms with van der Waals surface area (Å²) in [5.74, 6) is -1.00. The molecule has 1 aromatic rings. The van der Waals surface area contributed by atoms with Gasteiger partial charge in [0.25, 0.3) is 0 Å². The van der Waals surface area contributed by atoms with Gasteiger partial charge in [-0.3, -0.25) is 4.79 Å². The van der Waals surface area contributed by atoms with Crippen LogP contribution < -0.4 is 10.6 Å². The van der Waals surface area contributed by atoms with E-state index < -0.39 is 12.0 Å². The van der Waals surface area contributed by atoms with Gasteiger partial charge in [-0.05, 0) is 23.8 Å². The van der Waals surface area contributed by atoms with E-state index >= 15 is 0 Å². The summed E-state index contributed by atoms with van der Waals surface area (Å²) in [6, 6.07) is 4.03. The zero-order chi connectivity index (χ0) is 12.3. The standard InChI is InChI=1S/C11H16N2O3/c1-13(2)8-3-4-10(14)7(5-8)6-9(12)11(15)16/h3-5,9,14H,6,12H2,1-2H3,(H,15,16). The molecule has 0 aliphatic heterocycles. The number of anilines is 1. The Labute approximate surface area is 94.1 Å². The summed E-state index contributed by atoms with van der Waals surface area (Å²) in [7, 11) is 3.74. The molecular weight excluding hydrogens is 208 g/mol. The van der Waals surface area contributed by atoms with E-state index in [1.165, 1.54) is 0 Å². The number of rotatable bonds is 4. The van der Waals surface area contributed by atoms with Gasteiger partial charge in [0.05, 0.1) is 0 Å². The molecule has 88 valence electrons. The van der Waals surface area contributed by atoms with Crippen molar-refractivity contribution in [3.8, 4) is 5.75 Å². The van der Waals surface area contributed by atoms with Gasteiger partial charge >= 0.3 is 5.97 Å². The first-order valence-electron chi connectivity index (χ1n) is 4.89. The monoisotopic (exact) mass is 224 g/mol. The molecule has 0 amide bonds. The Kier molecular flexibility index (Phi) is 3.73. The highest BCUT2D eigenvalue weighted by molar-refractivity contribution is 5.73. The van der Waals surface area contributed by atoms with Gasteiger partial charge < -0.3 is 20.8 Å². The lowest BCUT2D eigenvalue weighted by molar-refractivity contribution is -0.138. The van der Waals surface area contributed by atoms with Crippen LogP contribution in [-0.2, 0) is 11.2 Å². The van der Waals surface area contributed by atoms with Gasteiger partial charge in [0.2, 0.25) is 0 Å². The Morgan fingerprint density at radius 3 is 2.62 bits per heavy atom. The summed E-state index contributed by atoms with van der Waals surface area (Å²) >= 11 is 0. The first kappa shape index (κ1) is 12.3. The van der Waals surface area contributed by atoms with Crippen LogP contribution in [0.15, 0.2) is 18.2 Å². The highest BCUT2D eigenvalue weighted by Crippen LogP contribution is 2.23. The Morgan fingerprint density at radius 1 is 1.50 bits per heavy atom. The van der Waals surface area contributed by atoms with E-state index in [-0.39, 0.29) is 12.2 Å². The number of nitrogens with two attached hydrogens (primary N) is 1. The molecule has 0 saturated heterocycles. The Hall–Kier alpha value is -1.75. The number of carboxylic acids is 1. The first-order valence-corrected chi connectivity index (χ1v) is 4.89.